The summed E-state index contributed by atoms with van der Waals surface area (Å²) in [6.07, 6.45) is 3.32. The van der Waals surface area contributed by atoms with Gasteiger partial charge in [0.2, 0.25) is 0 Å². The summed E-state index contributed by atoms with van der Waals surface area (Å²) in [6, 6.07) is 16.3. The first-order valence-corrected chi connectivity index (χ1v) is 9.39. The summed E-state index contributed by atoms with van der Waals surface area (Å²) < 4.78 is 0. The fourth-order valence-electron chi connectivity index (χ4n) is 3.01. The lowest BCUT2D eigenvalue weighted by Crippen LogP contribution is -2.02. The Balaban J connectivity index is 1.67. The third-order valence-corrected chi connectivity index (χ3v) is 5.20. The molecule has 0 aliphatic heterocycles. The lowest BCUT2D eigenvalue weighted by molar-refractivity contribution is 1.06. The third kappa shape index (κ3) is 3.71. The van der Waals surface area contributed by atoms with E-state index in [9.17, 15) is 0 Å². The predicted molar refractivity (Wildman–Crippen MR) is 112 cm³/mol. The number of aromatic nitrogens is 3. The van der Waals surface area contributed by atoms with Gasteiger partial charge in [0, 0.05) is 22.2 Å². The van der Waals surface area contributed by atoms with Gasteiger partial charge in [-0.2, -0.15) is 0 Å². The summed E-state index contributed by atoms with van der Waals surface area (Å²) in [5, 5.41) is 5.10. The first-order valence-electron chi connectivity index (χ1n) is 8.57. The number of para-hydroxylation sites is 1. The normalized spacial score (nSPS) is 10.9. The van der Waals surface area contributed by atoms with Crippen molar-refractivity contribution >= 4 is 39.9 Å². The van der Waals surface area contributed by atoms with Crippen molar-refractivity contribution in [3.8, 4) is 0 Å². The number of fused-ring (bicyclic) bond motifs is 1. The van der Waals surface area contributed by atoms with Crippen molar-refractivity contribution in [2.24, 2.45) is 0 Å². The number of nitrogens with two attached hydrogens (primary N) is 1. The van der Waals surface area contributed by atoms with Crippen LogP contribution >= 0.6 is 11.8 Å². The van der Waals surface area contributed by atoms with Gasteiger partial charge in [-0.15, -0.1) is 0 Å². The SMILES string of the molecule is Cc1cc(C)cc(Nc2ncnc(Sc3cccc4cccnc34)c2N)c1. The molecule has 0 amide bonds. The number of benzene rings is 2. The van der Waals surface area contributed by atoms with Gasteiger partial charge in [0.25, 0.3) is 0 Å². The number of anilines is 3. The highest BCUT2D eigenvalue weighted by Gasteiger charge is 2.12. The topological polar surface area (TPSA) is 76.7 Å². The van der Waals surface area contributed by atoms with Crippen molar-refractivity contribution in [3.05, 3.63) is 72.2 Å². The second kappa shape index (κ2) is 7.25. The molecular formula is C21H19N5S. The van der Waals surface area contributed by atoms with Crippen LogP contribution in [0, 0.1) is 13.8 Å². The van der Waals surface area contributed by atoms with E-state index >= 15 is 0 Å². The fourth-order valence-corrected chi connectivity index (χ4v) is 3.94. The summed E-state index contributed by atoms with van der Waals surface area (Å²) in [4.78, 5) is 14.2. The molecule has 4 aromatic rings. The van der Waals surface area contributed by atoms with Crippen molar-refractivity contribution in [1.29, 1.82) is 0 Å². The number of nitrogen functional groups attached to an aromatic ring is 1. The standard InChI is InChI=1S/C21H19N5S/c1-13-9-14(2)11-16(10-13)26-20-18(22)21(25-12-24-20)27-17-7-3-5-15-6-4-8-23-19(15)17/h3-12H,22H2,1-2H3,(H,24,25,26). The van der Waals surface area contributed by atoms with Gasteiger partial charge >= 0.3 is 0 Å². The quantitative estimate of drug-likeness (QED) is 0.484. The fraction of sp³-hybridized carbons (Fsp3) is 0.0952. The highest BCUT2D eigenvalue weighted by molar-refractivity contribution is 7.99. The number of rotatable bonds is 4. The molecule has 3 N–H and O–H groups in total. The van der Waals surface area contributed by atoms with Crippen molar-refractivity contribution in [2.75, 3.05) is 11.1 Å². The molecule has 134 valence electrons. The van der Waals surface area contributed by atoms with Crippen LogP contribution < -0.4 is 11.1 Å². The number of nitrogens with one attached hydrogen (secondary N) is 1. The van der Waals surface area contributed by atoms with E-state index in [2.05, 4.69) is 52.3 Å². The van der Waals surface area contributed by atoms with Crippen LogP contribution in [-0.4, -0.2) is 15.0 Å². The largest absolute Gasteiger partial charge is 0.394 e. The van der Waals surface area contributed by atoms with Crippen LogP contribution in [0.3, 0.4) is 0 Å². The Hall–Kier alpha value is -3.12. The van der Waals surface area contributed by atoms with E-state index in [4.69, 9.17) is 5.73 Å². The van der Waals surface area contributed by atoms with Crippen molar-refractivity contribution < 1.29 is 0 Å². The van der Waals surface area contributed by atoms with Crippen LogP contribution in [0.15, 0.2) is 71.0 Å². The number of hydrogen-bond acceptors (Lipinski definition) is 6. The summed E-state index contributed by atoms with van der Waals surface area (Å²) >= 11 is 1.50. The van der Waals surface area contributed by atoms with Gasteiger partial charge in [0.1, 0.15) is 17.0 Å². The predicted octanol–water partition coefficient (Wildman–Crippen LogP) is 5.12. The average molecular weight is 373 g/mol. The van der Waals surface area contributed by atoms with Crippen LogP contribution in [0.1, 0.15) is 11.1 Å². The third-order valence-electron chi connectivity index (χ3n) is 4.13. The van der Waals surface area contributed by atoms with Gasteiger partial charge < -0.3 is 11.1 Å². The molecule has 2 aromatic heterocycles. The Bertz CT molecular complexity index is 1100. The Morgan fingerprint density at radius 2 is 1.70 bits per heavy atom. The minimum absolute atomic E-state index is 0.523. The van der Waals surface area contributed by atoms with Crippen LogP contribution in [0.4, 0.5) is 17.2 Å². The highest BCUT2D eigenvalue weighted by Crippen LogP contribution is 2.36. The summed E-state index contributed by atoms with van der Waals surface area (Å²) in [5.41, 5.74) is 11.2. The minimum atomic E-state index is 0.523. The minimum Gasteiger partial charge on any atom is -0.394 e. The average Bonchev–Trinajstić information content (AvgIpc) is 2.64. The van der Waals surface area contributed by atoms with Crippen LogP contribution in [0.5, 0.6) is 0 Å². The van der Waals surface area contributed by atoms with Gasteiger partial charge in [0.05, 0.1) is 5.52 Å². The van der Waals surface area contributed by atoms with Crippen molar-refractivity contribution in [1.82, 2.24) is 15.0 Å². The van der Waals surface area contributed by atoms with E-state index in [1.165, 1.54) is 29.2 Å². The molecule has 0 saturated carbocycles. The van der Waals surface area contributed by atoms with Gasteiger partial charge in [-0.3, -0.25) is 4.98 Å². The van der Waals surface area contributed by atoms with E-state index in [1.54, 1.807) is 6.20 Å². The lowest BCUT2D eigenvalue weighted by Gasteiger charge is -2.12. The molecule has 2 aromatic carbocycles. The maximum absolute atomic E-state index is 6.37. The molecule has 6 heteroatoms. The van der Waals surface area contributed by atoms with E-state index < -0.39 is 0 Å². The van der Waals surface area contributed by atoms with Crippen LogP contribution in [0.25, 0.3) is 10.9 Å². The Labute approximate surface area is 162 Å². The maximum Gasteiger partial charge on any atom is 0.158 e. The molecule has 5 nitrogen and oxygen atoms in total. The van der Waals surface area contributed by atoms with Crippen molar-refractivity contribution in [2.45, 2.75) is 23.8 Å². The molecule has 2 heterocycles. The molecule has 0 radical (unpaired) electrons. The van der Waals surface area contributed by atoms with Crippen LogP contribution in [-0.2, 0) is 0 Å². The molecule has 0 aliphatic rings. The Morgan fingerprint density at radius 3 is 2.52 bits per heavy atom. The van der Waals surface area contributed by atoms with E-state index in [-0.39, 0.29) is 0 Å². The Kier molecular flexibility index (Phi) is 4.64. The molecule has 0 unspecified atom stereocenters. The van der Waals surface area contributed by atoms with Gasteiger partial charge in [-0.05, 0) is 49.2 Å². The summed E-state index contributed by atoms with van der Waals surface area (Å²) in [7, 11) is 0. The lowest BCUT2D eigenvalue weighted by atomic mass is 10.1. The zero-order chi connectivity index (χ0) is 18.8. The Morgan fingerprint density at radius 1 is 0.926 bits per heavy atom. The molecule has 0 bridgehead atoms. The number of aryl methyl sites for hydroxylation is 2. The van der Waals surface area contributed by atoms with Crippen LogP contribution in [0.2, 0.25) is 0 Å². The molecule has 0 aliphatic carbocycles. The molecule has 4 rings (SSSR count). The summed E-state index contributed by atoms with van der Waals surface area (Å²) in [5.74, 6) is 0.602. The van der Waals surface area contributed by atoms with Gasteiger partial charge in [-0.1, -0.05) is 36.0 Å². The monoisotopic (exact) mass is 373 g/mol. The number of pyridine rings is 1. The van der Waals surface area contributed by atoms with E-state index in [1.807, 2.05) is 30.3 Å². The molecule has 0 saturated heterocycles. The second-order valence-corrected chi connectivity index (χ2v) is 7.41. The zero-order valence-corrected chi connectivity index (χ0v) is 15.9. The number of nitrogens with zero attached hydrogens (tertiary/aromatic N) is 3. The van der Waals surface area contributed by atoms with E-state index in [0.717, 1.165) is 21.5 Å². The first-order chi connectivity index (χ1) is 13.1. The molecule has 0 spiro atoms. The zero-order valence-electron chi connectivity index (χ0n) is 15.1. The second-order valence-electron chi connectivity index (χ2n) is 6.38. The molecule has 27 heavy (non-hydrogen) atoms. The van der Waals surface area contributed by atoms with E-state index in [0.29, 0.717) is 16.5 Å². The van der Waals surface area contributed by atoms with Crippen molar-refractivity contribution in [3.63, 3.8) is 0 Å². The summed E-state index contributed by atoms with van der Waals surface area (Å²) in [6.45, 7) is 4.13. The number of hydrogen-bond donors (Lipinski definition) is 2. The maximum atomic E-state index is 6.37. The highest BCUT2D eigenvalue weighted by atomic mass is 32.2. The molecule has 0 fully saturated rings. The smallest absolute Gasteiger partial charge is 0.158 e. The molecular weight excluding hydrogens is 354 g/mol. The molecule has 0 atom stereocenters. The first kappa shape index (κ1) is 17.3. The van der Waals surface area contributed by atoms with Gasteiger partial charge in [0.15, 0.2) is 5.82 Å². The van der Waals surface area contributed by atoms with Gasteiger partial charge in [-0.25, -0.2) is 9.97 Å².